The van der Waals surface area contributed by atoms with Gasteiger partial charge in [0.05, 0.1) is 16.9 Å². The van der Waals surface area contributed by atoms with Crippen LogP contribution in [-0.4, -0.2) is 64.4 Å². The van der Waals surface area contributed by atoms with Crippen LogP contribution in [0.2, 0.25) is 0 Å². The first-order valence-electron chi connectivity index (χ1n) is 10.6. The van der Waals surface area contributed by atoms with E-state index in [1.807, 2.05) is 0 Å². The number of benzene rings is 2. The number of ketones is 1. The maximum Gasteiger partial charge on any atom is 0.262 e. The van der Waals surface area contributed by atoms with Crippen molar-refractivity contribution in [2.75, 3.05) is 17.3 Å². The summed E-state index contributed by atoms with van der Waals surface area (Å²) in [7, 11) is -1.77. The Morgan fingerprint density at radius 1 is 1.00 bits per heavy atom. The van der Waals surface area contributed by atoms with Crippen LogP contribution in [-0.2, 0) is 21.7 Å². The van der Waals surface area contributed by atoms with Crippen LogP contribution in [0.4, 0.5) is 5.69 Å². The fourth-order valence-corrected chi connectivity index (χ4v) is 4.49. The van der Waals surface area contributed by atoms with Gasteiger partial charge < -0.3 is 9.88 Å². The minimum Gasteiger partial charge on any atom is -0.331 e. The number of nitrogens with one attached hydrogen (secondary N) is 1. The number of imidazole rings is 1. The van der Waals surface area contributed by atoms with Gasteiger partial charge >= 0.3 is 0 Å². The van der Waals surface area contributed by atoms with E-state index in [4.69, 9.17) is 0 Å². The standard InChI is InChI=1S/C24H22N4O6S/c1-27-13-12-25-21(27)20(29)15-7-9-16(10-8-15)26-22(30)19(11-14-35(2,33)34)28-23(31)17-5-3-4-6-18(17)24(28)32/h3-10,12-13,19H,11,14H2,1-2H3,(H,26,30). The Balaban J connectivity index is 1.56. The van der Waals surface area contributed by atoms with E-state index < -0.39 is 39.4 Å². The zero-order chi connectivity index (χ0) is 25.3. The molecular weight excluding hydrogens is 472 g/mol. The lowest BCUT2D eigenvalue weighted by Gasteiger charge is -2.25. The number of hydrogen-bond donors (Lipinski definition) is 1. The van der Waals surface area contributed by atoms with Gasteiger partial charge in [-0.15, -0.1) is 0 Å². The number of nitrogens with zero attached hydrogens (tertiary/aromatic N) is 3. The summed E-state index contributed by atoms with van der Waals surface area (Å²) in [5.74, 6) is -2.46. The number of sulfone groups is 1. The number of amides is 3. The molecule has 0 saturated heterocycles. The molecule has 180 valence electrons. The molecule has 1 unspecified atom stereocenters. The molecule has 0 spiro atoms. The molecule has 0 fully saturated rings. The first kappa shape index (κ1) is 24.0. The number of anilines is 1. The Morgan fingerprint density at radius 2 is 1.60 bits per heavy atom. The van der Waals surface area contributed by atoms with E-state index in [-0.39, 0.29) is 29.2 Å². The van der Waals surface area contributed by atoms with Crippen molar-refractivity contribution in [3.05, 3.63) is 83.4 Å². The van der Waals surface area contributed by atoms with Gasteiger partial charge in [0.1, 0.15) is 15.9 Å². The Morgan fingerprint density at radius 3 is 2.11 bits per heavy atom. The molecule has 0 bridgehead atoms. The molecular formula is C24H22N4O6S. The summed E-state index contributed by atoms with van der Waals surface area (Å²) in [5.41, 5.74) is 0.984. The van der Waals surface area contributed by atoms with Crippen LogP contribution >= 0.6 is 0 Å². The number of aryl methyl sites for hydroxylation is 1. The molecule has 1 N–H and O–H groups in total. The van der Waals surface area contributed by atoms with Gasteiger partial charge in [0.15, 0.2) is 5.82 Å². The van der Waals surface area contributed by atoms with Crippen LogP contribution in [0.1, 0.15) is 43.3 Å². The van der Waals surface area contributed by atoms with Crippen molar-refractivity contribution in [2.45, 2.75) is 12.5 Å². The topological polar surface area (TPSA) is 136 Å². The average molecular weight is 495 g/mol. The van der Waals surface area contributed by atoms with Crippen molar-refractivity contribution >= 4 is 39.0 Å². The van der Waals surface area contributed by atoms with Crippen molar-refractivity contribution in [2.24, 2.45) is 7.05 Å². The van der Waals surface area contributed by atoms with E-state index in [2.05, 4.69) is 10.3 Å². The highest BCUT2D eigenvalue weighted by Gasteiger charge is 2.42. The maximum atomic E-state index is 13.2. The molecule has 1 aliphatic rings. The van der Waals surface area contributed by atoms with Crippen molar-refractivity contribution in [1.29, 1.82) is 0 Å². The smallest absolute Gasteiger partial charge is 0.262 e. The molecule has 1 aromatic heterocycles. The highest BCUT2D eigenvalue weighted by molar-refractivity contribution is 7.90. The lowest BCUT2D eigenvalue weighted by Crippen LogP contribution is -2.48. The molecule has 2 heterocycles. The molecule has 1 atom stereocenters. The highest BCUT2D eigenvalue weighted by atomic mass is 32.2. The normalized spacial score (nSPS) is 14.1. The van der Waals surface area contributed by atoms with Gasteiger partial charge in [0.2, 0.25) is 11.7 Å². The molecule has 11 heteroatoms. The van der Waals surface area contributed by atoms with E-state index >= 15 is 0 Å². The van der Waals surface area contributed by atoms with Crippen LogP contribution in [0.15, 0.2) is 60.9 Å². The minimum absolute atomic E-state index is 0.159. The Labute approximate surface area is 201 Å². The Kier molecular flexibility index (Phi) is 6.35. The summed E-state index contributed by atoms with van der Waals surface area (Å²) in [6.07, 6.45) is 3.92. The van der Waals surface area contributed by atoms with Crippen LogP contribution in [0, 0.1) is 0 Å². The van der Waals surface area contributed by atoms with Gasteiger partial charge in [-0.2, -0.15) is 0 Å². The van der Waals surface area contributed by atoms with Crippen molar-refractivity contribution < 1.29 is 27.6 Å². The number of hydrogen-bond acceptors (Lipinski definition) is 7. The van der Waals surface area contributed by atoms with Crippen LogP contribution in [0.3, 0.4) is 0 Å². The summed E-state index contributed by atoms with van der Waals surface area (Å²) in [5, 5.41) is 2.62. The fraction of sp³-hybridized carbons (Fsp3) is 0.208. The van der Waals surface area contributed by atoms with E-state index in [0.29, 0.717) is 11.3 Å². The molecule has 4 rings (SSSR count). The molecule has 2 aromatic carbocycles. The lowest BCUT2D eigenvalue weighted by atomic mass is 10.1. The first-order chi connectivity index (χ1) is 16.6. The van der Waals surface area contributed by atoms with Crippen LogP contribution in [0.5, 0.6) is 0 Å². The van der Waals surface area contributed by atoms with Crippen molar-refractivity contribution in [3.8, 4) is 0 Å². The number of carbonyl (C=O) groups excluding carboxylic acids is 4. The zero-order valence-corrected chi connectivity index (χ0v) is 19.8. The van der Waals surface area contributed by atoms with E-state index in [9.17, 15) is 27.6 Å². The molecule has 0 saturated carbocycles. The highest BCUT2D eigenvalue weighted by Crippen LogP contribution is 2.26. The predicted molar refractivity (Wildman–Crippen MR) is 127 cm³/mol. The van der Waals surface area contributed by atoms with E-state index in [1.165, 1.54) is 42.6 Å². The lowest BCUT2D eigenvalue weighted by molar-refractivity contribution is -0.120. The Hall–Kier alpha value is -4.12. The second kappa shape index (κ2) is 9.26. The van der Waals surface area contributed by atoms with Crippen LogP contribution < -0.4 is 5.32 Å². The molecule has 10 nitrogen and oxygen atoms in total. The van der Waals surface area contributed by atoms with E-state index in [0.717, 1.165) is 11.2 Å². The molecule has 3 aromatic rings. The average Bonchev–Trinajstić information content (AvgIpc) is 3.35. The third kappa shape index (κ3) is 4.90. The monoisotopic (exact) mass is 494 g/mol. The van der Waals surface area contributed by atoms with Gasteiger partial charge in [-0.05, 0) is 42.8 Å². The van der Waals surface area contributed by atoms with Gasteiger partial charge in [0, 0.05) is 36.9 Å². The number of carbonyl (C=O) groups is 4. The molecule has 35 heavy (non-hydrogen) atoms. The summed E-state index contributed by atoms with van der Waals surface area (Å²) >= 11 is 0. The zero-order valence-electron chi connectivity index (χ0n) is 19.0. The number of rotatable bonds is 8. The number of imide groups is 1. The van der Waals surface area contributed by atoms with Gasteiger partial charge in [-0.1, -0.05) is 12.1 Å². The van der Waals surface area contributed by atoms with Crippen molar-refractivity contribution in [1.82, 2.24) is 14.5 Å². The van der Waals surface area contributed by atoms with Crippen LogP contribution in [0.25, 0.3) is 0 Å². The van der Waals surface area contributed by atoms with Gasteiger partial charge in [-0.25, -0.2) is 13.4 Å². The van der Waals surface area contributed by atoms with Crippen molar-refractivity contribution in [3.63, 3.8) is 0 Å². The quantitative estimate of drug-likeness (QED) is 0.372. The molecule has 0 radical (unpaired) electrons. The van der Waals surface area contributed by atoms with Gasteiger partial charge in [0.25, 0.3) is 11.8 Å². The largest absolute Gasteiger partial charge is 0.331 e. The number of aromatic nitrogens is 2. The summed E-state index contributed by atoms with van der Waals surface area (Å²) < 4.78 is 25.1. The van der Waals surface area contributed by atoms with Gasteiger partial charge in [-0.3, -0.25) is 24.1 Å². The number of fused-ring (bicyclic) bond motifs is 1. The summed E-state index contributed by atoms with van der Waals surface area (Å²) in [4.78, 5) is 56.4. The summed E-state index contributed by atoms with van der Waals surface area (Å²) in [6.45, 7) is 0. The second-order valence-corrected chi connectivity index (χ2v) is 10.5. The summed E-state index contributed by atoms with van der Waals surface area (Å²) in [6, 6.07) is 10.9. The molecule has 1 aliphatic heterocycles. The third-order valence-electron chi connectivity index (χ3n) is 5.64. The first-order valence-corrected chi connectivity index (χ1v) is 12.7. The maximum absolute atomic E-state index is 13.2. The SMILES string of the molecule is Cn1ccnc1C(=O)c1ccc(NC(=O)C(CCS(C)(=O)=O)N2C(=O)c3ccccc3C2=O)cc1. The molecule has 0 aliphatic carbocycles. The second-order valence-electron chi connectivity index (χ2n) is 8.22. The van der Waals surface area contributed by atoms with E-state index in [1.54, 1.807) is 29.9 Å². The molecule has 3 amide bonds. The fourth-order valence-electron chi connectivity index (χ4n) is 3.84. The minimum atomic E-state index is -3.47. The predicted octanol–water partition coefficient (Wildman–Crippen LogP) is 1.69. The third-order valence-corrected chi connectivity index (χ3v) is 6.62. The Bertz CT molecular complexity index is 1410.